The van der Waals surface area contributed by atoms with Crippen molar-refractivity contribution in [3.05, 3.63) is 47.2 Å². The molecule has 4 rings (SSSR count). The lowest BCUT2D eigenvalue weighted by Gasteiger charge is -2.34. The standard InChI is InChI=1S/C18H20N6O3S/c1-23-13(10-28-18-20-21-22-24(18)12-8-9-12)14(16(25)27-2)15(19-17(23)26)11-6-4-3-5-7-11/h3-7,12,15H,8-10H2,1-2H3,(H,19,26)/t15-/m0/s1. The molecule has 1 saturated carbocycles. The summed E-state index contributed by atoms with van der Waals surface area (Å²) in [6.45, 7) is 0. The number of urea groups is 1. The van der Waals surface area contributed by atoms with Gasteiger partial charge in [0.2, 0.25) is 5.16 Å². The highest BCUT2D eigenvalue weighted by Gasteiger charge is 2.37. The average molecular weight is 400 g/mol. The van der Waals surface area contributed by atoms with Crippen molar-refractivity contribution in [2.24, 2.45) is 0 Å². The van der Waals surface area contributed by atoms with Gasteiger partial charge in [-0.2, -0.15) is 0 Å². The van der Waals surface area contributed by atoms with Crippen molar-refractivity contribution in [3.8, 4) is 0 Å². The molecule has 28 heavy (non-hydrogen) atoms. The van der Waals surface area contributed by atoms with Crippen molar-refractivity contribution < 1.29 is 14.3 Å². The van der Waals surface area contributed by atoms with E-state index in [-0.39, 0.29) is 6.03 Å². The molecule has 1 aliphatic carbocycles. The van der Waals surface area contributed by atoms with Crippen molar-refractivity contribution in [1.29, 1.82) is 0 Å². The van der Waals surface area contributed by atoms with E-state index >= 15 is 0 Å². The van der Waals surface area contributed by atoms with Crippen LogP contribution < -0.4 is 5.32 Å². The molecule has 0 bridgehead atoms. The second-order valence-electron chi connectivity index (χ2n) is 6.63. The van der Waals surface area contributed by atoms with Crippen LogP contribution in [-0.4, -0.2) is 57.0 Å². The number of benzene rings is 1. The Morgan fingerprint density at radius 1 is 1.32 bits per heavy atom. The fraction of sp³-hybridized carbons (Fsp3) is 0.389. The van der Waals surface area contributed by atoms with E-state index in [1.807, 2.05) is 30.3 Å². The summed E-state index contributed by atoms with van der Waals surface area (Å²) >= 11 is 1.40. The Morgan fingerprint density at radius 3 is 2.75 bits per heavy atom. The zero-order valence-corrected chi connectivity index (χ0v) is 16.3. The topological polar surface area (TPSA) is 102 Å². The van der Waals surface area contributed by atoms with Crippen LogP contribution >= 0.6 is 11.8 Å². The van der Waals surface area contributed by atoms with Crippen LogP contribution in [0.4, 0.5) is 4.79 Å². The lowest BCUT2D eigenvalue weighted by atomic mass is 9.95. The predicted octanol–water partition coefficient (Wildman–Crippen LogP) is 1.92. The van der Waals surface area contributed by atoms with Crippen molar-refractivity contribution in [2.45, 2.75) is 30.1 Å². The molecule has 146 valence electrons. The number of nitrogens with one attached hydrogen (secondary N) is 1. The van der Waals surface area contributed by atoms with Crippen LogP contribution in [-0.2, 0) is 9.53 Å². The molecular weight excluding hydrogens is 380 g/mol. The molecule has 1 N–H and O–H groups in total. The highest BCUT2D eigenvalue weighted by Crippen LogP contribution is 2.38. The molecule has 1 fully saturated rings. The maximum atomic E-state index is 12.6. The molecule has 2 aromatic rings. The van der Waals surface area contributed by atoms with Crippen LogP contribution in [0, 0.1) is 0 Å². The summed E-state index contributed by atoms with van der Waals surface area (Å²) in [4.78, 5) is 26.7. The van der Waals surface area contributed by atoms with Gasteiger partial charge in [-0.15, -0.1) is 5.10 Å². The van der Waals surface area contributed by atoms with Gasteiger partial charge in [0.1, 0.15) is 0 Å². The second kappa shape index (κ2) is 7.63. The molecule has 2 aliphatic rings. The quantitative estimate of drug-likeness (QED) is 0.584. The maximum Gasteiger partial charge on any atom is 0.338 e. The smallest absolute Gasteiger partial charge is 0.338 e. The molecular formula is C18H20N6O3S. The summed E-state index contributed by atoms with van der Waals surface area (Å²) < 4.78 is 6.84. The van der Waals surface area contributed by atoms with Crippen molar-refractivity contribution in [3.63, 3.8) is 0 Å². The van der Waals surface area contributed by atoms with Crippen molar-refractivity contribution in [1.82, 2.24) is 30.4 Å². The lowest BCUT2D eigenvalue weighted by Crippen LogP contribution is -2.47. The number of carbonyl (C=O) groups is 2. The molecule has 1 aliphatic heterocycles. The highest BCUT2D eigenvalue weighted by molar-refractivity contribution is 7.99. The van der Waals surface area contributed by atoms with Gasteiger partial charge >= 0.3 is 12.0 Å². The van der Waals surface area contributed by atoms with Gasteiger partial charge in [-0.3, -0.25) is 4.90 Å². The Hall–Kier alpha value is -2.88. The van der Waals surface area contributed by atoms with Gasteiger partial charge in [0.15, 0.2) is 0 Å². The van der Waals surface area contributed by atoms with Crippen LogP contribution in [0.5, 0.6) is 0 Å². The molecule has 9 nitrogen and oxygen atoms in total. The third-order valence-electron chi connectivity index (χ3n) is 4.81. The molecule has 0 radical (unpaired) electrons. The Labute approximate surface area is 166 Å². The number of carbonyl (C=O) groups excluding carboxylic acids is 2. The molecule has 1 aromatic carbocycles. The number of rotatable bonds is 6. The van der Waals surface area contributed by atoms with Crippen LogP contribution in [0.25, 0.3) is 0 Å². The second-order valence-corrected chi connectivity index (χ2v) is 7.57. The normalized spacial score (nSPS) is 19.6. The van der Waals surface area contributed by atoms with E-state index in [1.165, 1.54) is 23.8 Å². The monoisotopic (exact) mass is 400 g/mol. The van der Waals surface area contributed by atoms with Crippen molar-refractivity contribution in [2.75, 3.05) is 19.9 Å². The summed E-state index contributed by atoms with van der Waals surface area (Å²) in [6.07, 6.45) is 2.13. The number of methoxy groups -OCH3 is 1. The molecule has 1 atom stereocenters. The first-order valence-electron chi connectivity index (χ1n) is 8.91. The van der Waals surface area contributed by atoms with E-state index in [1.54, 1.807) is 11.7 Å². The van der Waals surface area contributed by atoms with Crippen LogP contribution in [0.1, 0.15) is 30.5 Å². The van der Waals surface area contributed by atoms with E-state index < -0.39 is 12.0 Å². The lowest BCUT2D eigenvalue weighted by molar-refractivity contribution is -0.136. The van der Waals surface area contributed by atoms with Gasteiger partial charge in [-0.25, -0.2) is 14.3 Å². The van der Waals surface area contributed by atoms with Gasteiger partial charge in [-0.1, -0.05) is 42.1 Å². The van der Waals surface area contributed by atoms with Crippen LogP contribution in [0.3, 0.4) is 0 Å². The van der Waals surface area contributed by atoms with E-state index in [2.05, 4.69) is 20.8 Å². The van der Waals surface area contributed by atoms with Gasteiger partial charge in [0.05, 0.1) is 24.8 Å². The molecule has 0 spiro atoms. The van der Waals surface area contributed by atoms with Crippen molar-refractivity contribution >= 4 is 23.8 Å². The minimum atomic E-state index is -0.577. The van der Waals surface area contributed by atoms with Gasteiger partial charge in [0, 0.05) is 18.5 Å². The fourth-order valence-electron chi connectivity index (χ4n) is 3.14. The first-order chi connectivity index (χ1) is 13.6. The van der Waals surface area contributed by atoms with Gasteiger partial charge in [0.25, 0.3) is 0 Å². The molecule has 2 heterocycles. The number of hydrogen-bond donors (Lipinski definition) is 1. The van der Waals surface area contributed by atoms with E-state index in [0.29, 0.717) is 28.2 Å². The van der Waals surface area contributed by atoms with E-state index in [0.717, 1.165) is 18.4 Å². The summed E-state index contributed by atoms with van der Waals surface area (Å²) in [5.74, 6) is -0.108. The first kappa shape index (κ1) is 18.5. The third-order valence-corrected chi connectivity index (χ3v) is 5.75. The Morgan fingerprint density at radius 2 is 2.07 bits per heavy atom. The molecule has 1 aromatic heterocycles. The molecule has 2 amide bonds. The van der Waals surface area contributed by atoms with Crippen LogP contribution in [0.15, 0.2) is 46.8 Å². The summed E-state index contributed by atoms with van der Waals surface area (Å²) in [6, 6.07) is 8.85. The van der Waals surface area contributed by atoms with Gasteiger partial charge < -0.3 is 10.1 Å². The summed E-state index contributed by atoms with van der Waals surface area (Å²) in [7, 11) is 2.98. The first-order valence-corrected chi connectivity index (χ1v) is 9.90. The third kappa shape index (κ3) is 3.47. The number of esters is 1. The zero-order valence-electron chi connectivity index (χ0n) is 15.5. The minimum absolute atomic E-state index is 0.279. The Bertz CT molecular complexity index is 924. The minimum Gasteiger partial charge on any atom is -0.466 e. The largest absolute Gasteiger partial charge is 0.466 e. The molecule has 0 unspecified atom stereocenters. The maximum absolute atomic E-state index is 12.6. The number of thioether (sulfide) groups is 1. The zero-order chi connectivity index (χ0) is 19.7. The Kier molecular flexibility index (Phi) is 5.03. The SMILES string of the molecule is COC(=O)C1=C(CSc2nnnn2C2CC2)N(C)C(=O)N[C@H]1c1ccccc1. The highest BCUT2D eigenvalue weighted by atomic mass is 32.2. The Balaban J connectivity index is 1.69. The molecule has 0 saturated heterocycles. The predicted molar refractivity (Wildman–Crippen MR) is 101 cm³/mol. The van der Waals surface area contributed by atoms with E-state index in [4.69, 9.17) is 4.74 Å². The summed E-state index contributed by atoms with van der Waals surface area (Å²) in [5.41, 5.74) is 1.81. The average Bonchev–Trinajstić information content (AvgIpc) is 3.46. The number of tetrazole rings is 1. The molecule has 10 heteroatoms. The van der Waals surface area contributed by atoms with Gasteiger partial charge in [-0.05, 0) is 28.8 Å². The number of ether oxygens (including phenoxy) is 1. The number of nitrogens with zero attached hydrogens (tertiary/aromatic N) is 5. The van der Waals surface area contributed by atoms with Crippen LogP contribution in [0.2, 0.25) is 0 Å². The number of amides is 2. The summed E-state index contributed by atoms with van der Waals surface area (Å²) in [5, 5.41) is 15.4. The number of hydrogen-bond acceptors (Lipinski definition) is 7. The fourth-order valence-corrected chi connectivity index (χ4v) is 4.17. The number of aromatic nitrogens is 4. The van der Waals surface area contributed by atoms with E-state index in [9.17, 15) is 9.59 Å².